The van der Waals surface area contributed by atoms with E-state index < -0.39 is 0 Å². The number of H-pyrrole nitrogens is 1. The average molecular weight is 310 g/mol. The minimum atomic E-state index is -0.255. The Bertz CT molecular complexity index is 665. The molecule has 0 fully saturated rings. The van der Waals surface area contributed by atoms with Crippen LogP contribution in [0.5, 0.6) is 0 Å². The van der Waals surface area contributed by atoms with Crippen molar-refractivity contribution in [3.8, 4) is 0 Å². The lowest BCUT2D eigenvalue weighted by atomic mass is 10.2. The Kier molecular flexibility index (Phi) is 5.19. The van der Waals surface area contributed by atoms with Gasteiger partial charge in [0, 0.05) is 29.6 Å². The van der Waals surface area contributed by atoms with Gasteiger partial charge >= 0.3 is 5.69 Å². The van der Waals surface area contributed by atoms with Crippen LogP contribution < -0.4 is 11.0 Å². The Morgan fingerprint density at radius 3 is 2.90 bits per heavy atom. The number of benzene rings is 1. The first-order chi connectivity index (χ1) is 10.0. The average Bonchev–Trinajstić information content (AvgIpc) is 2.78. The normalized spacial score (nSPS) is 11.3. The molecule has 7 heteroatoms. The highest BCUT2D eigenvalue weighted by Gasteiger charge is 2.14. The lowest BCUT2D eigenvalue weighted by Crippen LogP contribution is -2.23. The van der Waals surface area contributed by atoms with E-state index in [2.05, 4.69) is 15.5 Å². The van der Waals surface area contributed by atoms with Crippen molar-refractivity contribution in [2.45, 2.75) is 50.0 Å². The molecule has 2 aromatic rings. The van der Waals surface area contributed by atoms with Gasteiger partial charge in [-0.2, -0.15) is 0 Å². The van der Waals surface area contributed by atoms with Gasteiger partial charge in [-0.05, 0) is 30.8 Å². The molecule has 1 aromatic carbocycles. The zero-order valence-corrected chi connectivity index (χ0v) is 13.1. The van der Waals surface area contributed by atoms with Crippen molar-refractivity contribution in [3.63, 3.8) is 0 Å². The molecule has 114 valence electrons. The third-order valence-electron chi connectivity index (χ3n) is 3.00. The van der Waals surface area contributed by atoms with E-state index in [1.807, 2.05) is 26.8 Å². The smallest absolute Gasteiger partial charge is 0.310 e. The zero-order chi connectivity index (χ0) is 15.4. The second-order valence-corrected chi connectivity index (χ2v) is 5.92. The Morgan fingerprint density at radius 1 is 1.48 bits per heavy atom. The van der Waals surface area contributed by atoms with Crippen molar-refractivity contribution in [1.29, 1.82) is 0 Å². The SMILES string of the molecule is CCn1c(Sc2cccc(F)c2CNC(C)C)n[nH]c1=O. The molecule has 1 aromatic heterocycles. The van der Waals surface area contributed by atoms with E-state index in [0.29, 0.717) is 23.8 Å². The molecule has 0 aliphatic heterocycles. The fourth-order valence-corrected chi connectivity index (χ4v) is 2.92. The number of aromatic nitrogens is 3. The van der Waals surface area contributed by atoms with E-state index in [9.17, 15) is 9.18 Å². The van der Waals surface area contributed by atoms with Crippen LogP contribution in [0.15, 0.2) is 33.0 Å². The summed E-state index contributed by atoms with van der Waals surface area (Å²) in [4.78, 5) is 12.3. The van der Waals surface area contributed by atoms with E-state index in [4.69, 9.17) is 0 Å². The first-order valence-electron chi connectivity index (χ1n) is 6.86. The number of rotatable bonds is 6. The van der Waals surface area contributed by atoms with Crippen LogP contribution in [-0.2, 0) is 13.1 Å². The minimum absolute atomic E-state index is 0.252. The van der Waals surface area contributed by atoms with Gasteiger partial charge in [0.05, 0.1) is 0 Å². The van der Waals surface area contributed by atoms with Gasteiger partial charge in [-0.15, -0.1) is 5.10 Å². The van der Waals surface area contributed by atoms with Crippen molar-refractivity contribution in [3.05, 3.63) is 40.1 Å². The summed E-state index contributed by atoms with van der Waals surface area (Å²) in [6, 6.07) is 5.21. The van der Waals surface area contributed by atoms with Gasteiger partial charge in [0.25, 0.3) is 0 Å². The number of nitrogens with one attached hydrogen (secondary N) is 2. The molecule has 0 spiro atoms. The Hall–Kier alpha value is -1.60. The highest BCUT2D eigenvalue weighted by molar-refractivity contribution is 7.99. The number of hydrogen-bond acceptors (Lipinski definition) is 4. The molecule has 0 saturated carbocycles. The number of hydrogen-bond donors (Lipinski definition) is 2. The summed E-state index contributed by atoms with van der Waals surface area (Å²) >= 11 is 1.29. The molecule has 2 rings (SSSR count). The lowest BCUT2D eigenvalue weighted by molar-refractivity contribution is 0.546. The van der Waals surface area contributed by atoms with Crippen LogP contribution in [-0.4, -0.2) is 20.8 Å². The maximum Gasteiger partial charge on any atom is 0.343 e. The molecule has 0 bridgehead atoms. The molecule has 21 heavy (non-hydrogen) atoms. The first kappa shape index (κ1) is 15.8. The van der Waals surface area contributed by atoms with E-state index in [0.717, 1.165) is 4.90 Å². The van der Waals surface area contributed by atoms with Crippen molar-refractivity contribution in [2.24, 2.45) is 0 Å². The third-order valence-corrected chi connectivity index (χ3v) is 4.10. The quantitative estimate of drug-likeness (QED) is 0.860. The van der Waals surface area contributed by atoms with Crippen LogP contribution >= 0.6 is 11.8 Å². The molecule has 2 N–H and O–H groups in total. The minimum Gasteiger partial charge on any atom is -0.310 e. The molecule has 0 aliphatic carbocycles. The van der Waals surface area contributed by atoms with Gasteiger partial charge in [-0.3, -0.25) is 4.57 Å². The van der Waals surface area contributed by atoms with Crippen molar-refractivity contribution < 1.29 is 4.39 Å². The molecule has 0 saturated heterocycles. The number of halogens is 1. The molecule has 0 amide bonds. The van der Waals surface area contributed by atoms with Gasteiger partial charge in [-0.25, -0.2) is 14.3 Å². The molecule has 0 atom stereocenters. The monoisotopic (exact) mass is 310 g/mol. The molecular formula is C14H19FN4OS. The second-order valence-electron chi connectivity index (χ2n) is 4.91. The predicted molar refractivity (Wildman–Crippen MR) is 81.0 cm³/mol. The third kappa shape index (κ3) is 3.74. The van der Waals surface area contributed by atoms with Gasteiger partial charge in [0.15, 0.2) is 5.16 Å². The van der Waals surface area contributed by atoms with E-state index in [-0.39, 0.29) is 17.5 Å². The number of aromatic amines is 1. The fraction of sp³-hybridized carbons (Fsp3) is 0.429. The molecule has 5 nitrogen and oxygen atoms in total. The van der Waals surface area contributed by atoms with Crippen LogP contribution in [0.1, 0.15) is 26.3 Å². The summed E-state index contributed by atoms with van der Waals surface area (Å²) in [7, 11) is 0. The Balaban J connectivity index is 2.31. The van der Waals surface area contributed by atoms with Gasteiger partial charge in [-0.1, -0.05) is 19.9 Å². The molecule has 0 aliphatic rings. The standard InChI is InChI=1S/C14H19FN4OS/c1-4-19-13(20)17-18-14(19)21-12-7-5-6-11(15)10(12)8-16-9(2)3/h5-7,9,16H,4,8H2,1-3H3,(H,17,20). The summed E-state index contributed by atoms with van der Waals surface area (Å²) in [5, 5.41) is 10.2. The Morgan fingerprint density at radius 2 is 2.24 bits per heavy atom. The van der Waals surface area contributed by atoms with Crippen LogP contribution in [0.2, 0.25) is 0 Å². The summed E-state index contributed by atoms with van der Waals surface area (Å²) in [5.41, 5.74) is 0.340. The van der Waals surface area contributed by atoms with Crippen LogP contribution in [0, 0.1) is 5.82 Å². The zero-order valence-electron chi connectivity index (χ0n) is 12.3. The van der Waals surface area contributed by atoms with Gasteiger partial charge < -0.3 is 5.32 Å². The number of nitrogens with zero attached hydrogens (tertiary/aromatic N) is 2. The summed E-state index contributed by atoms with van der Waals surface area (Å²) < 4.78 is 15.6. The molecular weight excluding hydrogens is 291 g/mol. The summed E-state index contributed by atoms with van der Waals surface area (Å²) in [5.74, 6) is -0.255. The largest absolute Gasteiger partial charge is 0.343 e. The van der Waals surface area contributed by atoms with E-state index in [1.54, 1.807) is 6.07 Å². The van der Waals surface area contributed by atoms with E-state index >= 15 is 0 Å². The predicted octanol–water partition coefficient (Wildman–Crippen LogP) is 2.38. The summed E-state index contributed by atoms with van der Waals surface area (Å²) in [6.07, 6.45) is 0. The maximum absolute atomic E-state index is 14.0. The van der Waals surface area contributed by atoms with E-state index in [1.165, 1.54) is 22.4 Å². The second kappa shape index (κ2) is 6.91. The van der Waals surface area contributed by atoms with Gasteiger partial charge in [0.2, 0.25) is 0 Å². The van der Waals surface area contributed by atoms with Crippen LogP contribution in [0.25, 0.3) is 0 Å². The van der Waals surface area contributed by atoms with Crippen molar-refractivity contribution >= 4 is 11.8 Å². The van der Waals surface area contributed by atoms with Crippen molar-refractivity contribution in [2.75, 3.05) is 0 Å². The topological polar surface area (TPSA) is 62.7 Å². The van der Waals surface area contributed by atoms with Crippen LogP contribution in [0.3, 0.4) is 0 Å². The Labute approximate surface area is 127 Å². The van der Waals surface area contributed by atoms with Crippen LogP contribution in [0.4, 0.5) is 4.39 Å². The van der Waals surface area contributed by atoms with Crippen molar-refractivity contribution in [1.82, 2.24) is 20.1 Å². The highest BCUT2D eigenvalue weighted by Crippen LogP contribution is 2.29. The maximum atomic E-state index is 14.0. The fourth-order valence-electron chi connectivity index (χ4n) is 1.87. The summed E-state index contributed by atoms with van der Waals surface area (Å²) in [6.45, 7) is 6.85. The molecule has 0 unspecified atom stereocenters. The highest BCUT2D eigenvalue weighted by atomic mass is 32.2. The first-order valence-corrected chi connectivity index (χ1v) is 7.68. The molecule has 1 heterocycles. The molecule has 0 radical (unpaired) electrons. The van der Waals surface area contributed by atoms with Gasteiger partial charge in [0.1, 0.15) is 5.82 Å². The lowest BCUT2D eigenvalue weighted by Gasteiger charge is -2.13.